The van der Waals surface area contributed by atoms with Crippen LogP contribution in [0, 0.1) is 0 Å². The smallest absolute Gasteiger partial charge is 0.231 e. The van der Waals surface area contributed by atoms with Gasteiger partial charge in [-0.1, -0.05) is 30.7 Å². The minimum Gasteiger partial charge on any atom is -0.486 e. The van der Waals surface area contributed by atoms with Crippen molar-refractivity contribution in [2.45, 2.75) is 49.8 Å². The summed E-state index contributed by atoms with van der Waals surface area (Å²) in [6.45, 7) is 4.07. The number of aromatic nitrogens is 2. The zero-order valence-electron chi connectivity index (χ0n) is 15.6. The van der Waals surface area contributed by atoms with E-state index in [0.717, 1.165) is 54.4 Å². The molecule has 144 valence electrons. The number of imidazole rings is 1. The molecule has 6 nitrogen and oxygen atoms in total. The van der Waals surface area contributed by atoms with E-state index in [0.29, 0.717) is 19.0 Å². The largest absolute Gasteiger partial charge is 0.486 e. The number of carbonyl (C=O) groups excluding carboxylic acids is 1. The molecule has 2 heterocycles. The Balaban J connectivity index is 1.48. The fraction of sp³-hybridized carbons (Fsp3) is 0.500. The molecule has 0 unspecified atom stereocenters. The predicted octanol–water partition coefficient (Wildman–Crippen LogP) is 3.35. The molecule has 1 aliphatic carbocycles. The third-order valence-corrected chi connectivity index (χ3v) is 6.29. The monoisotopic (exact) mass is 387 g/mol. The standard InChI is InChI=1S/C20H25N3O3S/c1-2-23-10-9-21-19(23)27-14-18(24)22-20(7-3-4-8-20)15-5-6-16-17(13-15)26-12-11-25-16/h5-6,9-10,13H,2-4,7-8,11-12,14H2,1H3,(H,22,24). The molecule has 1 amide bonds. The molecule has 0 saturated heterocycles. The molecule has 1 fully saturated rings. The fourth-order valence-electron chi connectivity index (χ4n) is 3.91. The van der Waals surface area contributed by atoms with Crippen LogP contribution < -0.4 is 14.8 Å². The van der Waals surface area contributed by atoms with Gasteiger partial charge < -0.3 is 19.4 Å². The maximum atomic E-state index is 12.7. The van der Waals surface area contributed by atoms with Crippen LogP contribution in [0.5, 0.6) is 11.5 Å². The van der Waals surface area contributed by atoms with Gasteiger partial charge in [0, 0.05) is 18.9 Å². The number of hydrogen-bond donors (Lipinski definition) is 1. The molecule has 7 heteroatoms. The molecule has 2 aromatic rings. The number of thioether (sulfide) groups is 1. The maximum Gasteiger partial charge on any atom is 0.231 e. The predicted molar refractivity (Wildman–Crippen MR) is 104 cm³/mol. The molecule has 2 aliphatic rings. The van der Waals surface area contributed by atoms with E-state index in [1.54, 1.807) is 6.20 Å². The van der Waals surface area contributed by atoms with Gasteiger partial charge in [0.05, 0.1) is 11.3 Å². The Hall–Kier alpha value is -2.15. The van der Waals surface area contributed by atoms with Gasteiger partial charge in [-0.25, -0.2) is 4.98 Å². The van der Waals surface area contributed by atoms with Crippen molar-refractivity contribution in [2.75, 3.05) is 19.0 Å². The van der Waals surface area contributed by atoms with E-state index in [1.165, 1.54) is 11.8 Å². The summed E-state index contributed by atoms with van der Waals surface area (Å²) < 4.78 is 13.4. The van der Waals surface area contributed by atoms with Crippen LogP contribution in [-0.4, -0.2) is 34.4 Å². The molecule has 1 aliphatic heterocycles. The molecule has 4 rings (SSSR count). The third kappa shape index (κ3) is 3.78. The number of carbonyl (C=O) groups is 1. The number of fused-ring (bicyclic) bond motifs is 1. The summed E-state index contributed by atoms with van der Waals surface area (Å²) in [4.78, 5) is 17.1. The minimum atomic E-state index is -0.312. The van der Waals surface area contributed by atoms with E-state index < -0.39 is 0 Å². The van der Waals surface area contributed by atoms with E-state index in [-0.39, 0.29) is 11.4 Å². The molecule has 1 saturated carbocycles. The average molecular weight is 388 g/mol. The van der Waals surface area contributed by atoms with E-state index in [1.807, 2.05) is 22.9 Å². The first kappa shape index (κ1) is 18.2. The second kappa shape index (κ2) is 7.84. The minimum absolute atomic E-state index is 0.0439. The van der Waals surface area contributed by atoms with Crippen molar-refractivity contribution in [2.24, 2.45) is 0 Å². The average Bonchev–Trinajstić information content (AvgIpc) is 3.35. The van der Waals surface area contributed by atoms with Crippen LogP contribution in [0.1, 0.15) is 38.2 Å². The van der Waals surface area contributed by atoms with Gasteiger partial charge in [0.15, 0.2) is 16.7 Å². The van der Waals surface area contributed by atoms with Crippen molar-refractivity contribution in [3.05, 3.63) is 36.2 Å². The quantitative estimate of drug-likeness (QED) is 0.770. The molecule has 0 radical (unpaired) electrons. The Morgan fingerprint density at radius 3 is 2.81 bits per heavy atom. The Bertz CT molecular complexity index is 815. The summed E-state index contributed by atoms with van der Waals surface area (Å²) in [5.74, 6) is 1.97. The van der Waals surface area contributed by atoms with Gasteiger partial charge in [-0.15, -0.1) is 0 Å². The van der Waals surface area contributed by atoms with Crippen molar-refractivity contribution in [1.29, 1.82) is 0 Å². The van der Waals surface area contributed by atoms with E-state index in [2.05, 4.69) is 23.3 Å². The molecule has 0 atom stereocenters. The van der Waals surface area contributed by atoms with Crippen molar-refractivity contribution < 1.29 is 14.3 Å². The second-order valence-electron chi connectivity index (χ2n) is 6.98. The molecule has 1 aromatic carbocycles. The van der Waals surface area contributed by atoms with Crippen molar-refractivity contribution in [1.82, 2.24) is 14.9 Å². The lowest BCUT2D eigenvalue weighted by molar-refractivity contribution is -0.120. The SMILES string of the molecule is CCn1ccnc1SCC(=O)NC1(c2ccc3c(c2)OCCO3)CCCC1. The van der Waals surface area contributed by atoms with E-state index >= 15 is 0 Å². The lowest BCUT2D eigenvalue weighted by atomic mass is 9.87. The molecule has 27 heavy (non-hydrogen) atoms. The van der Waals surface area contributed by atoms with Crippen molar-refractivity contribution in [3.8, 4) is 11.5 Å². The van der Waals surface area contributed by atoms with Gasteiger partial charge in [0.1, 0.15) is 13.2 Å². The van der Waals surface area contributed by atoms with Crippen LogP contribution in [0.4, 0.5) is 0 Å². The van der Waals surface area contributed by atoms with E-state index in [4.69, 9.17) is 9.47 Å². The highest BCUT2D eigenvalue weighted by Crippen LogP contribution is 2.42. The lowest BCUT2D eigenvalue weighted by Gasteiger charge is -2.32. The van der Waals surface area contributed by atoms with Gasteiger partial charge in [-0.3, -0.25) is 4.79 Å². The molecule has 0 spiro atoms. The van der Waals surface area contributed by atoms with Gasteiger partial charge in [0.25, 0.3) is 0 Å². The number of amides is 1. The molecule has 1 N–H and O–H groups in total. The van der Waals surface area contributed by atoms with Gasteiger partial charge in [-0.05, 0) is 37.5 Å². The Morgan fingerprint density at radius 1 is 1.26 bits per heavy atom. The van der Waals surface area contributed by atoms with Crippen LogP contribution in [0.3, 0.4) is 0 Å². The first-order chi connectivity index (χ1) is 13.2. The number of nitrogens with one attached hydrogen (secondary N) is 1. The highest BCUT2D eigenvalue weighted by atomic mass is 32.2. The first-order valence-corrected chi connectivity index (χ1v) is 10.5. The van der Waals surface area contributed by atoms with Crippen LogP contribution >= 0.6 is 11.8 Å². The van der Waals surface area contributed by atoms with E-state index in [9.17, 15) is 4.79 Å². The normalized spacial score (nSPS) is 17.7. The van der Waals surface area contributed by atoms with Gasteiger partial charge >= 0.3 is 0 Å². The summed E-state index contributed by atoms with van der Waals surface area (Å²) in [5.41, 5.74) is 0.797. The molecular formula is C20H25N3O3S. The summed E-state index contributed by atoms with van der Waals surface area (Å²) >= 11 is 1.48. The third-order valence-electron chi connectivity index (χ3n) is 5.28. The molecule has 1 aromatic heterocycles. The first-order valence-electron chi connectivity index (χ1n) is 9.55. The van der Waals surface area contributed by atoms with Gasteiger partial charge in [0.2, 0.25) is 5.91 Å². The number of rotatable bonds is 6. The highest BCUT2D eigenvalue weighted by Gasteiger charge is 2.37. The summed E-state index contributed by atoms with van der Waals surface area (Å²) in [6.07, 6.45) is 7.84. The van der Waals surface area contributed by atoms with Crippen molar-refractivity contribution in [3.63, 3.8) is 0 Å². The number of benzene rings is 1. The number of ether oxygens (including phenoxy) is 2. The zero-order valence-corrected chi connectivity index (χ0v) is 16.4. The highest BCUT2D eigenvalue weighted by molar-refractivity contribution is 7.99. The molecular weight excluding hydrogens is 362 g/mol. The second-order valence-corrected chi connectivity index (χ2v) is 7.92. The zero-order chi connectivity index (χ0) is 18.7. The summed E-state index contributed by atoms with van der Waals surface area (Å²) in [7, 11) is 0. The number of aryl methyl sites for hydroxylation is 1. The number of hydrogen-bond acceptors (Lipinski definition) is 5. The molecule has 0 bridgehead atoms. The van der Waals surface area contributed by atoms with Crippen LogP contribution in [0.15, 0.2) is 35.7 Å². The number of nitrogens with zero attached hydrogens (tertiary/aromatic N) is 2. The summed E-state index contributed by atoms with van der Waals surface area (Å²) in [5, 5.41) is 4.20. The maximum absolute atomic E-state index is 12.7. The van der Waals surface area contributed by atoms with Crippen LogP contribution in [0.2, 0.25) is 0 Å². The van der Waals surface area contributed by atoms with Gasteiger partial charge in [-0.2, -0.15) is 0 Å². The fourth-order valence-corrected chi connectivity index (χ4v) is 4.74. The van der Waals surface area contributed by atoms with Crippen LogP contribution in [0.25, 0.3) is 0 Å². The lowest BCUT2D eigenvalue weighted by Crippen LogP contribution is -2.44. The van der Waals surface area contributed by atoms with Crippen LogP contribution in [-0.2, 0) is 16.9 Å². The Kier molecular flexibility index (Phi) is 5.29. The Labute approximate surface area is 163 Å². The summed E-state index contributed by atoms with van der Waals surface area (Å²) in [6, 6.07) is 6.07. The topological polar surface area (TPSA) is 65.4 Å². The Morgan fingerprint density at radius 2 is 2.04 bits per heavy atom. The van der Waals surface area contributed by atoms with Crippen molar-refractivity contribution >= 4 is 17.7 Å².